The molecule has 0 bridgehead atoms. The highest BCUT2D eigenvalue weighted by molar-refractivity contribution is 7.17. The summed E-state index contributed by atoms with van der Waals surface area (Å²) in [6.07, 6.45) is 4.40. The molecule has 1 aliphatic rings. The second-order valence-corrected chi connectivity index (χ2v) is 7.46. The number of benzene rings is 1. The van der Waals surface area contributed by atoms with Crippen LogP contribution in [0, 0.1) is 6.92 Å². The van der Waals surface area contributed by atoms with E-state index in [-0.39, 0.29) is 0 Å². The van der Waals surface area contributed by atoms with Crippen molar-refractivity contribution in [3.05, 3.63) is 59.2 Å². The first-order valence-electron chi connectivity index (χ1n) is 9.06. The third kappa shape index (κ3) is 3.14. The number of aryl methyl sites for hydroxylation is 1. The first kappa shape index (κ1) is 16.9. The lowest BCUT2D eigenvalue weighted by atomic mass is 10.1. The van der Waals surface area contributed by atoms with Gasteiger partial charge in [0.15, 0.2) is 17.3 Å². The Hall–Kier alpha value is -3.19. The fourth-order valence-electron chi connectivity index (χ4n) is 3.26. The molecule has 0 spiro atoms. The van der Waals surface area contributed by atoms with Crippen molar-refractivity contribution in [2.45, 2.75) is 13.3 Å². The van der Waals surface area contributed by atoms with Crippen LogP contribution in [0.15, 0.2) is 48.1 Å². The molecule has 5 rings (SSSR count). The zero-order valence-electron chi connectivity index (χ0n) is 15.3. The van der Waals surface area contributed by atoms with Gasteiger partial charge in [-0.05, 0) is 54.1 Å². The van der Waals surface area contributed by atoms with Crippen molar-refractivity contribution < 1.29 is 9.47 Å². The maximum Gasteiger partial charge on any atom is 0.231 e. The third-order valence-electron chi connectivity index (χ3n) is 4.68. The van der Waals surface area contributed by atoms with Crippen molar-refractivity contribution in [3.8, 4) is 22.9 Å². The number of anilines is 1. The summed E-state index contributed by atoms with van der Waals surface area (Å²) < 4.78 is 10.8. The van der Waals surface area contributed by atoms with Gasteiger partial charge >= 0.3 is 0 Å². The molecule has 7 heteroatoms. The number of ether oxygens (including phenoxy) is 2. The van der Waals surface area contributed by atoms with E-state index in [9.17, 15) is 0 Å². The molecule has 4 heterocycles. The third-order valence-corrected chi connectivity index (χ3v) is 5.67. The molecule has 0 unspecified atom stereocenters. The van der Waals surface area contributed by atoms with Gasteiger partial charge in [-0.1, -0.05) is 6.07 Å². The first-order valence-corrected chi connectivity index (χ1v) is 9.94. The smallest absolute Gasteiger partial charge is 0.231 e. The maximum atomic E-state index is 5.46. The van der Waals surface area contributed by atoms with Gasteiger partial charge in [0.05, 0.1) is 5.39 Å². The quantitative estimate of drug-likeness (QED) is 0.543. The van der Waals surface area contributed by atoms with Crippen molar-refractivity contribution >= 4 is 27.4 Å². The van der Waals surface area contributed by atoms with Crippen molar-refractivity contribution in [2.24, 2.45) is 0 Å². The van der Waals surface area contributed by atoms with Gasteiger partial charge in [0.2, 0.25) is 6.79 Å². The van der Waals surface area contributed by atoms with Crippen molar-refractivity contribution in [1.29, 1.82) is 0 Å². The minimum absolute atomic E-state index is 0.296. The number of nitrogens with zero attached hydrogens (tertiary/aromatic N) is 3. The highest BCUT2D eigenvalue weighted by atomic mass is 32.1. The summed E-state index contributed by atoms with van der Waals surface area (Å²) in [7, 11) is 0. The molecule has 0 amide bonds. The van der Waals surface area contributed by atoms with Crippen LogP contribution in [-0.2, 0) is 6.42 Å². The molecule has 0 atom stereocenters. The minimum Gasteiger partial charge on any atom is -0.454 e. The zero-order valence-corrected chi connectivity index (χ0v) is 16.1. The number of nitrogens with one attached hydrogen (secondary N) is 1. The highest BCUT2D eigenvalue weighted by Crippen LogP contribution is 2.33. The number of hydrogen-bond donors (Lipinski definition) is 1. The number of rotatable bonds is 5. The standard InChI is InChI=1S/C21H18N4O2S/c1-13-11-28-21-18(13)20(24-19(25-21)15-3-2-7-22-10-15)23-8-6-14-4-5-16-17(9-14)27-12-26-16/h2-5,7,9-11H,6,8,12H2,1H3,(H,23,24,25). The number of aromatic nitrogens is 3. The van der Waals surface area contributed by atoms with Crippen LogP contribution in [0.25, 0.3) is 21.6 Å². The molecule has 1 N–H and O–H groups in total. The van der Waals surface area contributed by atoms with Gasteiger partial charge < -0.3 is 14.8 Å². The van der Waals surface area contributed by atoms with Gasteiger partial charge in [-0.15, -0.1) is 11.3 Å². The van der Waals surface area contributed by atoms with Crippen molar-refractivity contribution in [3.63, 3.8) is 0 Å². The Balaban J connectivity index is 1.40. The Morgan fingerprint density at radius 3 is 2.96 bits per heavy atom. The number of fused-ring (bicyclic) bond motifs is 2. The summed E-state index contributed by atoms with van der Waals surface area (Å²) in [6, 6.07) is 9.95. The molecule has 6 nitrogen and oxygen atoms in total. The van der Waals surface area contributed by atoms with Gasteiger partial charge in [-0.2, -0.15) is 0 Å². The maximum absolute atomic E-state index is 5.46. The van der Waals surface area contributed by atoms with E-state index in [0.717, 1.165) is 46.1 Å². The van der Waals surface area contributed by atoms with Crippen molar-refractivity contribution in [1.82, 2.24) is 15.0 Å². The highest BCUT2D eigenvalue weighted by Gasteiger charge is 2.15. The molecule has 0 saturated heterocycles. The molecule has 0 saturated carbocycles. The average molecular weight is 390 g/mol. The summed E-state index contributed by atoms with van der Waals surface area (Å²) in [5.74, 6) is 3.18. The van der Waals surface area contributed by atoms with Crippen LogP contribution in [0.3, 0.4) is 0 Å². The molecule has 3 aromatic heterocycles. The van der Waals surface area contributed by atoms with Crippen LogP contribution in [0.1, 0.15) is 11.1 Å². The molecule has 28 heavy (non-hydrogen) atoms. The van der Waals surface area contributed by atoms with E-state index in [2.05, 4.69) is 28.7 Å². The monoisotopic (exact) mass is 390 g/mol. The second kappa shape index (κ2) is 7.09. The Morgan fingerprint density at radius 2 is 2.07 bits per heavy atom. The van der Waals surface area contributed by atoms with Gasteiger partial charge in [-0.3, -0.25) is 4.98 Å². The van der Waals surface area contributed by atoms with E-state index in [1.54, 1.807) is 23.7 Å². The Bertz CT molecular complexity index is 1140. The summed E-state index contributed by atoms with van der Waals surface area (Å²) in [5, 5.41) is 6.71. The SMILES string of the molecule is Cc1csc2nc(-c3cccnc3)nc(NCCc3ccc4c(c3)OCO4)c12. The molecular formula is C21H18N4O2S. The number of thiophene rings is 1. The van der Waals surface area contributed by atoms with E-state index in [1.165, 1.54) is 11.1 Å². The summed E-state index contributed by atoms with van der Waals surface area (Å²) in [6.45, 7) is 3.15. The normalized spacial score (nSPS) is 12.5. The molecule has 0 aliphatic carbocycles. The van der Waals surface area contributed by atoms with Crippen LogP contribution in [-0.4, -0.2) is 28.3 Å². The lowest BCUT2D eigenvalue weighted by molar-refractivity contribution is 0.174. The van der Waals surface area contributed by atoms with Crippen LogP contribution < -0.4 is 14.8 Å². The number of hydrogen-bond acceptors (Lipinski definition) is 7. The van der Waals surface area contributed by atoms with E-state index in [1.807, 2.05) is 24.3 Å². The predicted molar refractivity (Wildman–Crippen MR) is 110 cm³/mol. The van der Waals surface area contributed by atoms with Crippen LogP contribution >= 0.6 is 11.3 Å². The topological polar surface area (TPSA) is 69.2 Å². The molecule has 1 aromatic carbocycles. The Labute approximate surface area is 166 Å². The van der Waals surface area contributed by atoms with E-state index in [4.69, 9.17) is 19.4 Å². The van der Waals surface area contributed by atoms with Gasteiger partial charge in [0, 0.05) is 24.5 Å². The molecule has 140 valence electrons. The molecule has 0 radical (unpaired) electrons. The molecule has 4 aromatic rings. The van der Waals surface area contributed by atoms with Gasteiger partial charge in [-0.25, -0.2) is 9.97 Å². The van der Waals surface area contributed by atoms with Crippen LogP contribution in [0.4, 0.5) is 5.82 Å². The Kier molecular flexibility index (Phi) is 4.29. The zero-order chi connectivity index (χ0) is 18.9. The molecular weight excluding hydrogens is 372 g/mol. The minimum atomic E-state index is 0.296. The van der Waals surface area contributed by atoms with Crippen LogP contribution in [0.2, 0.25) is 0 Å². The predicted octanol–water partition coefficient (Wildman–Crippen LogP) is 4.45. The summed E-state index contributed by atoms with van der Waals surface area (Å²) >= 11 is 1.64. The second-order valence-electron chi connectivity index (χ2n) is 6.60. The summed E-state index contributed by atoms with van der Waals surface area (Å²) in [4.78, 5) is 14.7. The lowest BCUT2D eigenvalue weighted by Crippen LogP contribution is -2.08. The average Bonchev–Trinajstić information content (AvgIpc) is 3.35. The van der Waals surface area contributed by atoms with Crippen molar-refractivity contribution in [2.75, 3.05) is 18.7 Å². The fourth-order valence-corrected chi connectivity index (χ4v) is 4.18. The van der Waals surface area contributed by atoms with E-state index in [0.29, 0.717) is 12.6 Å². The first-order chi connectivity index (χ1) is 13.8. The van der Waals surface area contributed by atoms with Crippen LogP contribution in [0.5, 0.6) is 11.5 Å². The lowest BCUT2D eigenvalue weighted by Gasteiger charge is -2.10. The molecule has 1 aliphatic heterocycles. The summed E-state index contributed by atoms with van der Waals surface area (Å²) in [5.41, 5.74) is 3.29. The largest absolute Gasteiger partial charge is 0.454 e. The fraction of sp³-hybridized carbons (Fsp3) is 0.190. The van der Waals surface area contributed by atoms with Gasteiger partial charge in [0.25, 0.3) is 0 Å². The van der Waals surface area contributed by atoms with E-state index < -0.39 is 0 Å². The van der Waals surface area contributed by atoms with Gasteiger partial charge in [0.1, 0.15) is 10.6 Å². The molecule has 0 fully saturated rings. The number of pyridine rings is 1. The Morgan fingerprint density at radius 1 is 1.14 bits per heavy atom. The van der Waals surface area contributed by atoms with E-state index >= 15 is 0 Å².